The Balaban J connectivity index is 2.19. The quantitative estimate of drug-likeness (QED) is 0.478. The molecule has 2 heteroatoms. The van der Waals surface area contributed by atoms with Crippen molar-refractivity contribution in [3.05, 3.63) is 0 Å². The molecule has 1 aliphatic rings. The van der Waals surface area contributed by atoms with Gasteiger partial charge in [0.2, 0.25) is 0 Å². The van der Waals surface area contributed by atoms with Crippen LogP contribution in [0.5, 0.6) is 0 Å². The number of carbonyl (C=O) groups excluding carboxylic acids is 1. The lowest BCUT2D eigenvalue weighted by molar-refractivity contribution is -0.160. The van der Waals surface area contributed by atoms with Gasteiger partial charge in [-0.25, -0.2) is 0 Å². The molecule has 2 nitrogen and oxygen atoms in total. The van der Waals surface area contributed by atoms with Gasteiger partial charge in [-0.15, -0.1) is 0 Å². The Labute approximate surface area is 74.3 Å². The molecule has 0 saturated heterocycles. The Kier molecular flexibility index (Phi) is 3.12. The summed E-state index contributed by atoms with van der Waals surface area (Å²) in [6.07, 6.45) is 5.28. The first kappa shape index (κ1) is 9.56. The normalized spacial score (nSPS) is 19.8. The van der Waals surface area contributed by atoms with Crippen molar-refractivity contribution in [1.82, 2.24) is 0 Å². The highest BCUT2D eigenvalue weighted by Gasteiger charge is 2.40. The summed E-state index contributed by atoms with van der Waals surface area (Å²) in [6.45, 7) is 4.70. The van der Waals surface area contributed by atoms with Crippen molar-refractivity contribution < 1.29 is 9.53 Å². The van der Waals surface area contributed by atoms with Gasteiger partial charge in [0.05, 0.1) is 12.0 Å². The number of carbonyl (C=O) groups is 1. The molecule has 1 aliphatic carbocycles. The first-order valence-corrected chi connectivity index (χ1v) is 4.86. The third-order valence-electron chi connectivity index (χ3n) is 2.68. The van der Waals surface area contributed by atoms with Crippen LogP contribution in [0.2, 0.25) is 0 Å². The molecule has 0 N–H and O–H groups in total. The maximum atomic E-state index is 11.4. The summed E-state index contributed by atoms with van der Waals surface area (Å²) >= 11 is 0. The van der Waals surface area contributed by atoms with E-state index in [0.717, 1.165) is 25.7 Å². The van der Waals surface area contributed by atoms with Gasteiger partial charge in [-0.1, -0.05) is 19.8 Å². The van der Waals surface area contributed by atoms with Crippen molar-refractivity contribution >= 4 is 5.97 Å². The van der Waals surface area contributed by atoms with Crippen molar-refractivity contribution in [3.8, 4) is 0 Å². The van der Waals surface area contributed by atoms with E-state index < -0.39 is 0 Å². The molecule has 0 aromatic heterocycles. The van der Waals surface area contributed by atoms with Crippen LogP contribution < -0.4 is 0 Å². The summed E-state index contributed by atoms with van der Waals surface area (Å²) in [6, 6.07) is 0. The monoisotopic (exact) mass is 170 g/mol. The Morgan fingerprint density at radius 3 is 2.58 bits per heavy atom. The van der Waals surface area contributed by atoms with Crippen LogP contribution in [-0.2, 0) is 9.53 Å². The van der Waals surface area contributed by atoms with Gasteiger partial charge in [-0.3, -0.25) is 4.79 Å². The van der Waals surface area contributed by atoms with E-state index in [-0.39, 0.29) is 11.4 Å². The molecule has 0 amide bonds. The van der Waals surface area contributed by atoms with E-state index in [0.29, 0.717) is 6.61 Å². The second kappa shape index (κ2) is 3.92. The molecule has 0 bridgehead atoms. The number of hydrogen-bond donors (Lipinski definition) is 0. The zero-order valence-electron chi connectivity index (χ0n) is 8.06. The van der Waals surface area contributed by atoms with Crippen molar-refractivity contribution in [2.45, 2.75) is 46.0 Å². The standard InChI is InChI=1S/C10H18O2/c1-3-4-8-12-9(11)10(2)6-5-7-10/h3-8H2,1-2H3. The average Bonchev–Trinajstić information content (AvgIpc) is 2.00. The maximum Gasteiger partial charge on any atom is 0.311 e. The SMILES string of the molecule is CCCCOC(=O)C1(C)CCC1. The number of unbranched alkanes of at least 4 members (excludes halogenated alkanes) is 1. The summed E-state index contributed by atoms with van der Waals surface area (Å²) in [7, 11) is 0. The summed E-state index contributed by atoms with van der Waals surface area (Å²) < 4.78 is 5.15. The fourth-order valence-electron chi connectivity index (χ4n) is 1.39. The van der Waals surface area contributed by atoms with Crippen LogP contribution in [0.4, 0.5) is 0 Å². The largest absolute Gasteiger partial charge is 0.465 e. The van der Waals surface area contributed by atoms with Crippen molar-refractivity contribution in [1.29, 1.82) is 0 Å². The van der Waals surface area contributed by atoms with Gasteiger partial charge in [0.1, 0.15) is 0 Å². The van der Waals surface area contributed by atoms with Gasteiger partial charge in [0.15, 0.2) is 0 Å². The van der Waals surface area contributed by atoms with Crippen molar-refractivity contribution in [3.63, 3.8) is 0 Å². The molecule has 0 heterocycles. The minimum atomic E-state index is -0.131. The van der Waals surface area contributed by atoms with Gasteiger partial charge in [0, 0.05) is 0 Å². The minimum absolute atomic E-state index is 0.0159. The van der Waals surface area contributed by atoms with Crippen LogP contribution in [-0.4, -0.2) is 12.6 Å². The van der Waals surface area contributed by atoms with Crippen LogP contribution in [0, 0.1) is 5.41 Å². The average molecular weight is 170 g/mol. The predicted octanol–water partition coefficient (Wildman–Crippen LogP) is 2.52. The molecule has 0 spiro atoms. The second-order valence-electron chi connectivity index (χ2n) is 3.90. The highest BCUT2D eigenvalue weighted by Crippen LogP contribution is 2.41. The van der Waals surface area contributed by atoms with Gasteiger partial charge in [0.25, 0.3) is 0 Å². The summed E-state index contributed by atoms with van der Waals surface area (Å²) in [5.74, 6) is 0.0159. The summed E-state index contributed by atoms with van der Waals surface area (Å²) in [5.41, 5.74) is -0.131. The molecule has 0 radical (unpaired) electrons. The van der Waals surface area contributed by atoms with E-state index in [1.165, 1.54) is 6.42 Å². The summed E-state index contributed by atoms with van der Waals surface area (Å²) in [4.78, 5) is 11.4. The van der Waals surface area contributed by atoms with E-state index in [1.54, 1.807) is 0 Å². The maximum absolute atomic E-state index is 11.4. The fraction of sp³-hybridized carbons (Fsp3) is 0.900. The smallest absolute Gasteiger partial charge is 0.311 e. The molecule has 12 heavy (non-hydrogen) atoms. The molecule has 0 unspecified atom stereocenters. The number of esters is 1. The highest BCUT2D eigenvalue weighted by molar-refractivity contribution is 5.77. The van der Waals surface area contributed by atoms with Crippen LogP contribution in [0.15, 0.2) is 0 Å². The Hall–Kier alpha value is -0.530. The van der Waals surface area contributed by atoms with E-state index >= 15 is 0 Å². The van der Waals surface area contributed by atoms with Crippen molar-refractivity contribution in [2.24, 2.45) is 5.41 Å². The van der Waals surface area contributed by atoms with Gasteiger partial charge >= 0.3 is 5.97 Å². The Morgan fingerprint density at radius 2 is 2.17 bits per heavy atom. The number of rotatable bonds is 4. The van der Waals surface area contributed by atoms with Gasteiger partial charge in [-0.05, 0) is 26.2 Å². The van der Waals surface area contributed by atoms with Crippen LogP contribution in [0.3, 0.4) is 0 Å². The molecular formula is C10H18O2. The molecule has 70 valence electrons. The van der Waals surface area contributed by atoms with Crippen LogP contribution in [0.1, 0.15) is 46.0 Å². The fourth-order valence-corrected chi connectivity index (χ4v) is 1.39. The topological polar surface area (TPSA) is 26.3 Å². The molecule has 1 fully saturated rings. The third kappa shape index (κ3) is 1.99. The third-order valence-corrected chi connectivity index (χ3v) is 2.68. The zero-order valence-corrected chi connectivity index (χ0v) is 8.06. The van der Waals surface area contributed by atoms with Gasteiger partial charge in [-0.2, -0.15) is 0 Å². The van der Waals surface area contributed by atoms with Crippen LogP contribution >= 0.6 is 0 Å². The Morgan fingerprint density at radius 1 is 1.50 bits per heavy atom. The lowest BCUT2D eigenvalue weighted by atomic mass is 9.70. The molecule has 0 aliphatic heterocycles. The van der Waals surface area contributed by atoms with Gasteiger partial charge < -0.3 is 4.74 Å². The second-order valence-corrected chi connectivity index (χ2v) is 3.90. The van der Waals surface area contributed by atoms with E-state index in [9.17, 15) is 4.79 Å². The van der Waals surface area contributed by atoms with Crippen molar-refractivity contribution in [2.75, 3.05) is 6.61 Å². The molecule has 0 aromatic carbocycles. The predicted molar refractivity (Wildman–Crippen MR) is 47.8 cm³/mol. The minimum Gasteiger partial charge on any atom is -0.465 e. The Bertz CT molecular complexity index is 159. The van der Waals surface area contributed by atoms with E-state index in [1.807, 2.05) is 6.92 Å². The molecular weight excluding hydrogens is 152 g/mol. The van der Waals surface area contributed by atoms with E-state index in [2.05, 4.69) is 6.92 Å². The molecule has 1 rings (SSSR count). The highest BCUT2D eigenvalue weighted by atomic mass is 16.5. The molecule has 0 atom stereocenters. The number of hydrogen-bond acceptors (Lipinski definition) is 2. The van der Waals surface area contributed by atoms with Crippen LogP contribution in [0.25, 0.3) is 0 Å². The first-order valence-electron chi connectivity index (χ1n) is 4.86. The van der Waals surface area contributed by atoms with E-state index in [4.69, 9.17) is 4.74 Å². The first-order chi connectivity index (χ1) is 5.69. The molecule has 0 aromatic rings. The summed E-state index contributed by atoms with van der Waals surface area (Å²) in [5, 5.41) is 0. The lowest BCUT2D eigenvalue weighted by Crippen LogP contribution is -2.36. The lowest BCUT2D eigenvalue weighted by Gasteiger charge is -2.35. The number of ether oxygens (including phenoxy) is 1. The molecule has 1 saturated carbocycles. The zero-order chi connectivity index (χ0) is 9.03.